The second kappa shape index (κ2) is 7.21. The standard InChI is InChI=1S/C19H18N4S2/c1-14-18(17-7-9-23(22-17)12-16-8-10-24-13-16)25-19(21-14)20-11-15-5-3-2-4-6-15/h2-10,13H,11-12H2,1H3,(H,20,21). The van der Waals surface area contributed by atoms with E-state index >= 15 is 0 Å². The third-order valence-corrected chi connectivity index (χ3v) is 5.75. The molecule has 3 heterocycles. The Labute approximate surface area is 154 Å². The maximum atomic E-state index is 4.71. The van der Waals surface area contributed by atoms with Gasteiger partial charge in [-0.15, -0.1) is 0 Å². The van der Waals surface area contributed by atoms with Gasteiger partial charge in [0.2, 0.25) is 0 Å². The Balaban J connectivity index is 1.47. The van der Waals surface area contributed by atoms with Crippen LogP contribution in [-0.2, 0) is 13.1 Å². The lowest BCUT2D eigenvalue weighted by Gasteiger charge is -2.01. The Morgan fingerprint density at radius 2 is 1.96 bits per heavy atom. The molecule has 0 saturated heterocycles. The first-order chi connectivity index (χ1) is 12.3. The molecule has 0 aliphatic rings. The van der Waals surface area contributed by atoms with Gasteiger partial charge in [-0.2, -0.15) is 16.4 Å². The molecule has 126 valence electrons. The molecule has 6 heteroatoms. The molecule has 4 nitrogen and oxygen atoms in total. The summed E-state index contributed by atoms with van der Waals surface area (Å²) in [5.41, 5.74) is 4.53. The fourth-order valence-electron chi connectivity index (χ4n) is 2.62. The summed E-state index contributed by atoms with van der Waals surface area (Å²) in [6.45, 7) is 3.62. The van der Waals surface area contributed by atoms with Crippen LogP contribution in [0.1, 0.15) is 16.8 Å². The average Bonchev–Trinajstić information content (AvgIpc) is 3.36. The number of thiazole rings is 1. The first-order valence-electron chi connectivity index (χ1n) is 8.08. The zero-order valence-corrected chi connectivity index (χ0v) is 15.5. The first-order valence-corrected chi connectivity index (χ1v) is 9.84. The van der Waals surface area contributed by atoms with Gasteiger partial charge in [-0.3, -0.25) is 4.68 Å². The fraction of sp³-hybridized carbons (Fsp3) is 0.158. The Morgan fingerprint density at radius 3 is 2.76 bits per heavy atom. The number of aromatic nitrogens is 3. The number of benzene rings is 1. The largest absolute Gasteiger partial charge is 0.357 e. The summed E-state index contributed by atoms with van der Waals surface area (Å²) in [5.74, 6) is 0. The van der Waals surface area contributed by atoms with E-state index in [0.29, 0.717) is 0 Å². The molecule has 0 amide bonds. The number of rotatable bonds is 6. The summed E-state index contributed by atoms with van der Waals surface area (Å²) < 4.78 is 1.98. The molecule has 25 heavy (non-hydrogen) atoms. The number of nitrogens with one attached hydrogen (secondary N) is 1. The van der Waals surface area contributed by atoms with Crippen molar-refractivity contribution in [3.63, 3.8) is 0 Å². The molecule has 0 atom stereocenters. The molecule has 0 fully saturated rings. The molecule has 0 radical (unpaired) electrons. The Morgan fingerprint density at radius 1 is 1.08 bits per heavy atom. The number of hydrogen-bond acceptors (Lipinski definition) is 5. The van der Waals surface area contributed by atoms with Crippen LogP contribution >= 0.6 is 22.7 Å². The molecular formula is C19H18N4S2. The minimum atomic E-state index is 0.778. The highest BCUT2D eigenvalue weighted by Crippen LogP contribution is 2.31. The zero-order chi connectivity index (χ0) is 17.1. The van der Waals surface area contributed by atoms with Crippen molar-refractivity contribution in [2.75, 3.05) is 5.32 Å². The predicted octanol–water partition coefficient (Wildman–Crippen LogP) is 5.04. The van der Waals surface area contributed by atoms with E-state index < -0.39 is 0 Å². The average molecular weight is 367 g/mol. The Hall–Kier alpha value is -2.44. The molecule has 4 aromatic rings. The van der Waals surface area contributed by atoms with E-state index in [1.807, 2.05) is 23.9 Å². The molecule has 0 aliphatic heterocycles. The number of thiophene rings is 1. The van der Waals surface area contributed by atoms with Crippen LogP contribution in [0.4, 0.5) is 5.13 Å². The monoisotopic (exact) mass is 366 g/mol. The molecule has 0 unspecified atom stereocenters. The van der Waals surface area contributed by atoms with Crippen LogP contribution in [0.2, 0.25) is 0 Å². The quantitative estimate of drug-likeness (QED) is 0.520. The van der Waals surface area contributed by atoms with Crippen molar-refractivity contribution in [1.82, 2.24) is 14.8 Å². The fourth-order valence-corrected chi connectivity index (χ4v) is 4.21. The van der Waals surface area contributed by atoms with E-state index in [4.69, 9.17) is 5.10 Å². The molecule has 1 aromatic carbocycles. The SMILES string of the molecule is Cc1nc(NCc2ccccc2)sc1-c1ccn(Cc2ccsc2)n1. The minimum absolute atomic E-state index is 0.778. The maximum Gasteiger partial charge on any atom is 0.183 e. The highest BCUT2D eigenvalue weighted by atomic mass is 32.1. The van der Waals surface area contributed by atoms with Gasteiger partial charge in [0.15, 0.2) is 5.13 Å². The van der Waals surface area contributed by atoms with Gasteiger partial charge in [-0.05, 0) is 40.9 Å². The molecule has 3 aromatic heterocycles. The van der Waals surface area contributed by atoms with Gasteiger partial charge in [-0.1, -0.05) is 41.7 Å². The zero-order valence-electron chi connectivity index (χ0n) is 13.8. The lowest BCUT2D eigenvalue weighted by molar-refractivity contribution is 0.691. The van der Waals surface area contributed by atoms with Gasteiger partial charge in [0.05, 0.1) is 17.1 Å². The number of nitrogens with zero attached hydrogens (tertiary/aromatic N) is 3. The van der Waals surface area contributed by atoms with Gasteiger partial charge in [0.1, 0.15) is 5.69 Å². The summed E-state index contributed by atoms with van der Waals surface area (Å²) in [7, 11) is 0. The van der Waals surface area contributed by atoms with E-state index in [-0.39, 0.29) is 0 Å². The highest BCUT2D eigenvalue weighted by Gasteiger charge is 2.12. The minimum Gasteiger partial charge on any atom is -0.357 e. The topological polar surface area (TPSA) is 42.7 Å². The summed E-state index contributed by atoms with van der Waals surface area (Å²) in [6, 6.07) is 14.6. The summed E-state index contributed by atoms with van der Waals surface area (Å²) in [5, 5.41) is 13.3. The first kappa shape index (κ1) is 16.1. The normalized spacial score (nSPS) is 10.9. The number of anilines is 1. The highest BCUT2D eigenvalue weighted by molar-refractivity contribution is 7.19. The van der Waals surface area contributed by atoms with Gasteiger partial charge < -0.3 is 5.32 Å². The third kappa shape index (κ3) is 3.81. The van der Waals surface area contributed by atoms with Crippen LogP contribution in [0.25, 0.3) is 10.6 Å². The van der Waals surface area contributed by atoms with E-state index in [0.717, 1.165) is 34.5 Å². The van der Waals surface area contributed by atoms with Gasteiger partial charge in [-0.25, -0.2) is 4.98 Å². The summed E-state index contributed by atoms with van der Waals surface area (Å²) >= 11 is 3.37. The van der Waals surface area contributed by atoms with E-state index in [1.165, 1.54) is 11.1 Å². The van der Waals surface area contributed by atoms with Gasteiger partial charge in [0.25, 0.3) is 0 Å². The lowest BCUT2D eigenvalue weighted by atomic mass is 10.2. The molecule has 0 bridgehead atoms. The molecular weight excluding hydrogens is 348 g/mol. The number of hydrogen-bond donors (Lipinski definition) is 1. The van der Waals surface area contributed by atoms with Crippen molar-refractivity contribution >= 4 is 27.8 Å². The Kier molecular flexibility index (Phi) is 4.63. The predicted molar refractivity (Wildman–Crippen MR) is 105 cm³/mol. The van der Waals surface area contributed by atoms with Crippen molar-refractivity contribution < 1.29 is 0 Å². The van der Waals surface area contributed by atoms with Crippen LogP contribution in [0, 0.1) is 6.92 Å². The molecule has 0 saturated carbocycles. The third-order valence-electron chi connectivity index (χ3n) is 3.88. The van der Waals surface area contributed by atoms with Crippen LogP contribution in [-0.4, -0.2) is 14.8 Å². The smallest absolute Gasteiger partial charge is 0.183 e. The van der Waals surface area contributed by atoms with Crippen LogP contribution in [0.5, 0.6) is 0 Å². The van der Waals surface area contributed by atoms with Crippen molar-refractivity contribution in [2.24, 2.45) is 0 Å². The van der Waals surface area contributed by atoms with Crippen molar-refractivity contribution in [3.05, 3.63) is 76.2 Å². The molecule has 0 spiro atoms. The van der Waals surface area contributed by atoms with E-state index in [1.54, 1.807) is 22.7 Å². The van der Waals surface area contributed by atoms with Crippen molar-refractivity contribution in [2.45, 2.75) is 20.0 Å². The molecule has 1 N–H and O–H groups in total. The van der Waals surface area contributed by atoms with Crippen molar-refractivity contribution in [3.8, 4) is 10.6 Å². The van der Waals surface area contributed by atoms with Gasteiger partial charge >= 0.3 is 0 Å². The van der Waals surface area contributed by atoms with E-state index in [2.05, 4.69) is 57.5 Å². The van der Waals surface area contributed by atoms with Crippen LogP contribution in [0.3, 0.4) is 0 Å². The summed E-state index contributed by atoms with van der Waals surface area (Å²) in [6.07, 6.45) is 2.03. The molecule has 4 rings (SSSR count). The van der Waals surface area contributed by atoms with Gasteiger partial charge in [0, 0.05) is 12.7 Å². The van der Waals surface area contributed by atoms with Crippen LogP contribution in [0.15, 0.2) is 59.4 Å². The van der Waals surface area contributed by atoms with E-state index in [9.17, 15) is 0 Å². The molecule has 0 aliphatic carbocycles. The maximum absolute atomic E-state index is 4.71. The van der Waals surface area contributed by atoms with Crippen LogP contribution < -0.4 is 5.32 Å². The van der Waals surface area contributed by atoms with Crippen molar-refractivity contribution in [1.29, 1.82) is 0 Å². The Bertz CT molecular complexity index is 939. The second-order valence-corrected chi connectivity index (χ2v) is 7.58. The second-order valence-electron chi connectivity index (χ2n) is 5.80. The lowest BCUT2D eigenvalue weighted by Crippen LogP contribution is -1.98. The summed E-state index contributed by atoms with van der Waals surface area (Å²) in [4.78, 5) is 5.77. The number of aryl methyl sites for hydroxylation is 1.